The number of nitrogens with one attached hydrogen (secondary N) is 1. The van der Waals surface area contributed by atoms with Crippen molar-refractivity contribution in [2.75, 3.05) is 32.4 Å². The fourth-order valence-corrected chi connectivity index (χ4v) is 4.45. The Morgan fingerprint density at radius 3 is 2.44 bits per heavy atom. The number of nitrogens with zero attached hydrogens (tertiary/aromatic N) is 2. The number of halogens is 1. The quantitative estimate of drug-likeness (QED) is 0.641. The van der Waals surface area contributed by atoms with Crippen LogP contribution in [0.5, 0.6) is 0 Å². The maximum Gasteiger partial charge on any atom is 0.193 e. The van der Waals surface area contributed by atoms with Gasteiger partial charge in [0.1, 0.15) is 0 Å². The third kappa shape index (κ3) is 4.47. The molecule has 1 aromatic carbocycles. The average Bonchev–Trinajstić information content (AvgIpc) is 2.51. The molecule has 0 bridgehead atoms. The van der Waals surface area contributed by atoms with Gasteiger partial charge < -0.3 is 10.2 Å². The van der Waals surface area contributed by atoms with Crippen LogP contribution in [0.2, 0.25) is 5.02 Å². The maximum atomic E-state index is 12.2. The molecule has 0 aliphatic carbocycles. The molecular formula is C18H28ClN3O2S. The lowest BCUT2D eigenvalue weighted by atomic mass is 9.84. The SMILES string of the molecule is CN=C(NCC(C)(C)c1ccc(Cl)cc1)N1CCS(=O)(=O)C(C)(C)C1. The smallest absolute Gasteiger partial charge is 0.193 e. The number of hydrogen-bond acceptors (Lipinski definition) is 3. The zero-order chi connectivity index (χ0) is 18.9. The molecule has 7 heteroatoms. The maximum absolute atomic E-state index is 12.2. The molecule has 2 rings (SSSR count). The van der Waals surface area contributed by atoms with Gasteiger partial charge in [0.25, 0.3) is 0 Å². The highest BCUT2D eigenvalue weighted by molar-refractivity contribution is 7.92. The van der Waals surface area contributed by atoms with Gasteiger partial charge >= 0.3 is 0 Å². The third-order valence-corrected chi connectivity index (χ3v) is 7.65. The van der Waals surface area contributed by atoms with Crippen LogP contribution in [-0.2, 0) is 15.3 Å². The average molecular weight is 386 g/mol. The molecule has 1 heterocycles. The van der Waals surface area contributed by atoms with Crippen molar-refractivity contribution in [1.29, 1.82) is 0 Å². The molecule has 1 aliphatic heterocycles. The molecule has 1 N–H and O–H groups in total. The van der Waals surface area contributed by atoms with E-state index in [1.165, 1.54) is 5.56 Å². The molecule has 1 aliphatic rings. The summed E-state index contributed by atoms with van der Waals surface area (Å²) in [6.45, 7) is 9.45. The minimum Gasteiger partial charge on any atom is -0.355 e. The van der Waals surface area contributed by atoms with Crippen LogP contribution in [0, 0.1) is 0 Å². The van der Waals surface area contributed by atoms with Crippen molar-refractivity contribution in [1.82, 2.24) is 10.2 Å². The van der Waals surface area contributed by atoms with Gasteiger partial charge in [-0.3, -0.25) is 4.99 Å². The lowest BCUT2D eigenvalue weighted by Crippen LogP contribution is -2.58. The summed E-state index contributed by atoms with van der Waals surface area (Å²) in [6.07, 6.45) is 0. The number of aliphatic imine (C=N–C) groups is 1. The molecule has 0 saturated carbocycles. The van der Waals surface area contributed by atoms with Gasteiger partial charge in [-0.15, -0.1) is 0 Å². The second-order valence-electron chi connectivity index (χ2n) is 7.79. The molecule has 1 aromatic rings. The van der Waals surface area contributed by atoms with E-state index in [0.717, 1.165) is 11.0 Å². The van der Waals surface area contributed by atoms with Gasteiger partial charge in [0, 0.05) is 37.1 Å². The Morgan fingerprint density at radius 1 is 1.32 bits per heavy atom. The van der Waals surface area contributed by atoms with Gasteiger partial charge in [0.05, 0.1) is 10.5 Å². The molecule has 0 atom stereocenters. The van der Waals surface area contributed by atoms with Gasteiger partial charge in [-0.1, -0.05) is 37.6 Å². The minimum atomic E-state index is -3.06. The predicted molar refractivity (Wildman–Crippen MR) is 105 cm³/mol. The third-order valence-electron chi connectivity index (χ3n) is 4.87. The van der Waals surface area contributed by atoms with Crippen LogP contribution in [0.1, 0.15) is 33.3 Å². The monoisotopic (exact) mass is 385 g/mol. The first-order chi connectivity index (χ1) is 11.5. The molecule has 0 aromatic heterocycles. The predicted octanol–water partition coefficient (Wildman–Crippen LogP) is 2.70. The Bertz CT molecular complexity index is 740. The summed E-state index contributed by atoms with van der Waals surface area (Å²) in [5.74, 6) is 0.895. The Hall–Kier alpha value is -1.27. The van der Waals surface area contributed by atoms with Crippen LogP contribution in [0.15, 0.2) is 29.3 Å². The summed E-state index contributed by atoms with van der Waals surface area (Å²) in [5.41, 5.74) is 1.07. The van der Waals surface area contributed by atoms with Crippen molar-refractivity contribution < 1.29 is 8.42 Å². The van der Waals surface area contributed by atoms with Crippen molar-refractivity contribution in [3.05, 3.63) is 34.9 Å². The molecule has 0 amide bonds. The summed E-state index contributed by atoms with van der Waals surface area (Å²) in [6, 6.07) is 7.85. The number of rotatable bonds is 3. The summed E-state index contributed by atoms with van der Waals surface area (Å²) in [4.78, 5) is 6.38. The molecule has 0 radical (unpaired) electrons. The van der Waals surface area contributed by atoms with Crippen molar-refractivity contribution in [2.24, 2.45) is 4.99 Å². The van der Waals surface area contributed by atoms with Crippen LogP contribution in [0.4, 0.5) is 0 Å². The second-order valence-corrected chi connectivity index (χ2v) is 11.0. The van der Waals surface area contributed by atoms with Gasteiger partial charge in [-0.05, 0) is 31.5 Å². The molecule has 1 saturated heterocycles. The summed E-state index contributed by atoms with van der Waals surface area (Å²) >= 11 is 5.97. The lowest BCUT2D eigenvalue weighted by Gasteiger charge is -2.40. The fraction of sp³-hybridized carbons (Fsp3) is 0.611. The molecule has 140 valence electrons. The van der Waals surface area contributed by atoms with Crippen LogP contribution in [0.25, 0.3) is 0 Å². The summed E-state index contributed by atoms with van der Waals surface area (Å²) in [7, 11) is -1.33. The van der Waals surface area contributed by atoms with E-state index in [9.17, 15) is 8.42 Å². The molecular weight excluding hydrogens is 358 g/mol. The highest BCUT2D eigenvalue weighted by Crippen LogP contribution is 2.25. The minimum absolute atomic E-state index is 0.113. The van der Waals surface area contributed by atoms with Crippen LogP contribution >= 0.6 is 11.6 Å². The van der Waals surface area contributed by atoms with E-state index in [4.69, 9.17) is 11.6 Å². The standard InChI is InChI=1S/C18H28ClN3O2S/c1-17(2,14-6-8-15(19)9-7-14)12-21-16(20-5)22-10-11-25(23,24)18(3,4)13-22/h6-9H,10-13H2,1-5H3,(H,20,21). The van der Waals surface area contributed by atoms with E-state index in [2.05, 4.69) is 24.2 Å². The van der Waals surface area contributed by atoms with Crippen LogP contribution < -0.4 is 5.32 Å². The summed E-state index contributed by atoms with van der Waals surface area (Å²) < 4.78 is 23.6. The largest absolute Gasteiger partial charge is 0.355 e. The first kappa shape index (κ1) is 20.0. The lowest BCUT2D eigenvalue weighted by molar-refractivity contribution is 0.349. The molecule has 5 nitrogen and oxygen atoms in total. The van der Waals surface area contributed by atoms with Gasteiger partial charge in [-0.2, -0.15) is 0 Å². The second kappa shape index (κ2) is 7.16. The van der Waals surface area contributed by atoms with E-state index >= 15 is 0 Å². The van der Waals surface area contributed by atoms with Crippen LogP contribution in [0.3, 0.4) is 0 Å². The zero-order valence-electron chi connectivity index (χ0n) is 15.6. The molecule has 0 spiro atoms. The Labute approximate surface area is 156 Å². The van der Waals surface area contributed by atoms with Gasteiger partial charge in [0.15, 0.2) is 15.8 Å². The van der Waals surface area contributed by atoms with Gasteiger partial charge in [0.2, 0.25) is 0 Å². The van der Waals surface area contributed by atoms with E-state index in [1.807, 2.05) is 29.2 Å². The molecule has 1 fully saturated rings. The van der Waals surface area contributed by atoms with Crippen molar-refractivity contribution >= 4 is 27.4 Å². The molecule has 25 heavy (non-hydrogen) atoms. The number of hydrogen-bond donors (Lipinski definition) is 1. The highest BCUT2D eigenvalue weighted by Gasteiger charge is 2.41. The Balaban J connectivity index is 2.07. The molecule has 0 unspecified atom stereocenters. The first-order valence-corrected chi connectivity index (χ1v) is 10.5. The van der Waals surface area contributed by atoms with E-state index in [0.29, 0.717) is 19.6 Å². The van der Waals surface area contributed by atoms with Crippen LogP contribution in [-0.4, -0.2) is 56.5 Å². The van der Waals surface area contributed by atoms with E-state index in [1.54, 1.807) is 20.9 Å². The Kier molecular flexibility index (Phi) is 5.74. The van der Waals surface area contributed by atoms with Crippen molar-refractivity contribution in [3.63, 3.8) is 0 Å². The highest BCUT2D eigenvalue weighted by atomic mass is 35.5. The first-order valence-electron chi connectivity index (χ1n) is 8.42. The zero-order valence-corrected chi connectivity index (χ0v) is 17.2. The van der Waals surface area contributed by atoms with Crippen molar-refractivity contribution in [2.45, 2.75) is 37.9 Å². The summed E-state index contributed by atoms with van der Waals surface area (Å²) in [5, 5.41) is 4.13. The van der Waals surface area contributed by atoms with Gasteiger partial charge in [-0.25, -0.2) is 8.42 Å². The topological polar surface area (TPSA) is 61.8 Å². The fourth-order valence-electron chi connectivity index (χ4n) is 2.96. The van der Waals surface area contributed by atoms with E-state index in [-0.39, 0.29) is 11.2 Å². The van der Waals surface area contributed by atoms with Crippen molar-refractivity contribution in [3.8, 4) is 0 Å². The normalized spacial score (nSPS) is 20.4. The number of guanidine groups is 1. The Morgan fingerprint density at radius 2 is 1.92 bits per heavy atom. The van der Waals surface area contributed by atoms with E-state index < -0.39 is 14.6 Å². The number of benzene rings is 1. The number of sulfone groups is 1.